The molecular weight excluding hydrogens is 400 g/mol. The van der Waals surface area contributed by atoms with E-state index in [0.717, 1.165) is 11.1 Å². The fraction of sp³-hybridized carbons (Fsp3) is 0.333. The van der Waals surface area contributed by atoms with Gasteiger partial charge < -0.3 is 0 Å². The maximum Gasteiger partial charge on any atom is 0.162 e. The number of benzene rings is 3. The van der Waals surface area contributed by atoms with Crippen LogP contribution >= 0.6 is 0 Å². The van der Waals surface area contributed by atoms with Crippen LogP contribution in [0.15, 0.2) is 60.7 Å². The molecule has 0 heterocycles. The first-order valence-corrected chi connectivity index (χ1v) is 10.6. The first kappa shape index (κ1) is 23.1. The molecule has 31 heavy (non-hydrogen) atoms. The zero-order valence-electron chi connectivity index (χ0n) is 18.3. The molecule has 3 rings (SSSR count). The van der Waals surface area contributed by atoms with Crippen molar-refractivity contribution in [2.45, 2.75) is 58.3 Å². The first-order chi connectivity index (χ1) is 14.7. The van der Waals surface area contributed by atoms with Gasteiger partial charge in [-0.15, -0.1) is 0 Å². The summed E-state index contributed by atoms with van der Waals surface area (Å²) in [6.07, 6.45) is -3.41. The fourth-order valence-electron chi connectivity index (χ4n) is 4.00. The number of halogens is 4. The second-order valence-electron chi connectivity index (χ2n) is 8.28. The van der Waals surface area contributed by atoms with Crippen LogP contribution in [0.1, 0.15) is 54.4 Å². The zero-order valence-corrected chi connectivity index (χ0v) is 18.3. The Morgan fingerprint density at radius 2 is 1.26 bits per heavy atom. The predicted octanol–water partition coefficient (Wildman–Crippen LogP) is 8.22. The molecule has 0 fully saturated rings. The maximum absolute atomic E-state index is 15.3. The quantitative estimate of drug-likeness (QED) is 0.333. The van der Waals surface area contributed by atoms with Crippen LogP contribution in [0.3, 0.4) is 0 Å². The first-order valence-electron chi connectivity index (χ1n) is 10.6. The molecule has 0 aliphatic heterocycles. The van der Waals surface area contributed by atoms with Crippen molar-refractivity contribution in [2.75, 3.05) is 0 Å². The Balaban J connectivity index is 1.81. The van der Waals surface area contributed by atoms with Gasteiger partial charge in [-0.1, -0.05) is 80.1 Å². The highest BCUT2D eigenvalue weighted by molar-refractivity contribution is 5.64. The molecule has 0 aromatic heterocycles. The Labute approximate surface area is 181 Å². The van der Waals surface area contributed by atoms with Gasteiger partial charge >= 0.3 is 0 Å². The molecule has 0 aliphatic carbocycles. The van der Waals surface area contributed by atoms with Gasteiger partial charge in [0, 0.05) is 11.8 Å². The average molecular weight is 429 g/mol. The Hall–Kier alpha value is -2.62. The topological polar surface area (TPSA) is 0 Å². The van der Waals surface area contributed by atoms with Crippen LogP contribution < -0.4 is 0 Å². The van der Waals surface area contributed by atoms with Gasteiger partial charge in [-0.3, -0.25) is 0 Å². The molecule has 164 valence electrons. The summed E-state index contributed by atoms with van der Waals surface area (Å²) in [6, 6.07) is 18.3. The van der Waals surface area contributed by atoms with E-state index in [1.54, 1.807) is 6.92 Å². The number of hydrogen-bond acceptors (Lipinski definition) is 0. The molecule has 0 bridgehead atoms. The molecule has 0 saturated carbocycles. The summed E-state index contributed by atoms with van der Waals surface area (Å²) < 4.78 is 58.6. The molecule has 4 atom stereocenters. The maximum atomic E-state index is 15.3. The lowest BCUT2D eigenvalue weighted by molar-refractivity contribution is 0.118. The van der Waals surface area contributed by atoms with Gasteiger partial charge in [-0.05, 0) is 48.1 Å². The third kappa shape index (κ3) is 4.84. The number of aryl methyl sites for hydroxylation is 2. The van der Waals surface area contributed by atoms with E-state index in [2.05, 4.69) is 0 Å². The Morgan fingerprint density at radius 3 is 1.81 bits per heavy atom. The van der Waals surface area contributed by atoms with E-state index in [4.69, 9.17) is 0 Å². The van der Waals surface area contributed by atoms with Crippen LogP contribution in [0.25, 0.3) is 11.1 Å². The lowest BCUT2D eigenvalue weighted by atomic mass is 9.83. The number of hydrogen-bond donors (Lipinski definition) is 0. The van der Waals surface area contributed by atoms with Crippen LogP contribution in [0.2, 0.25) is 0 Å². The summed E-state index contributed by atoms with van der Waals surface area (Å²) in [5.74, 6) is -3.89. The predicted molar refractivity (Wildman–Crippen MR) is 119 cm³/mol. The van der Waals surface area contributed by atoms with Gasteiger partial charge in [0.25, 0.3) is 0 Å². The number of rotatable bonds is 7. The van der Waals surface area contributed by atoms with Crippen molar-refractivity contribution < 1.29 is 17.6 Å². The Kier molecular flexibility index (Phi) is 7.19. The number of alkyl halides is 2. The minimum atomic E-state index is -1.96. The van der Waals surface area contributed by atoms with E-state index in [0.29, 0.717) is 12.0 Å². The minimum Gasteiger partial charge on any atom is -0.244 e. The van der Waals surface area contributed by atoms with Crippen LogP contribution in [0, 0.1) is 25.5 Å². The van der Waals surface area contributed by atoms with Crippen molar-refractivity contribution in [1.29, 1.82) is 0 Å². The van der Waals surface area contributed by atoms with E-state index in [1.165, 1.54) is 31.5 Å². The van der Waals surface area contributed by atoms with Gasteiger partial charge in [0.1, 0.15) is 12.3 Å². The highest BCUT2D eigenvalue weighted by Gasteiger charge is 2.35. The lowest BCUT2D eigenvalue weighted by Gasteiger charge is -2.27. The largest absolute Gasteiger partial charge is 0.244 e. The van der Waals surface area contributed by atoms with Crippen LogP contribution in [-0.2, 0) is 0 Å². The molecule has 0 spiro atoms. The highest BCUT2D eigenvalue weighted by Crippen LogP contribution is 2.37. The molecule has 0 radical (unpaired) electrons. The zero-order chi connectivity index (χ0) is 22.7. The van der Waals surface area contributed by atoms with E-state index in [-0.39, 0.29) is 11.1 Å². The summed E-state index contributed by atoms with van der Waals surface area (Å²) in [6.45, 7) is 6.66. The van der Waals surface area contributed by atoms with Crippen molar-refractivity contribution in [2.24, 2.45) is 0 Å². The summed E-state index contributed by atoms with van der Waals surface area (Å²) in [4.78, 5) is 0. The van der Waals surface area contributed by atoms with E-state index in [1.807, 2.05) is 55.5 Å². The second-order valence-corrected chi connectivity index (χ2v) is 8.28. The minimum absolute atomic E-state index is 0.136. The average Bonchev–Trinajstić information content (AvgIpc) is 2.78. The van der Waals surface area contributed by atoms with Crippen LogP contribution in [0.4, 0.5) is 17.6 Å². The Morgan fingerprint density at radius 1 is 0.710 bits per heavy atom. The summed E-state index contributed by atoms with van der Waals surface area (Å²) in [5.41, 5.74) is 3.91. The van der Waals surface area contributed by atoms with Gasteiger partial charge in [-0.25, -0.2) is 17.6 Å². The second kappa shape index (κ2) is 9.67. The summed E-state index contributed by atoms with van der Waals surface area (Å²) in [7, 11) is 0. The third-order valence-electron chi connectivity index (χ3n) is 6.13. The highest BCUT2D eigenvalue weighted by atomic mass is 19.2. The van der Waals surface area contributed by atoms with E-state index >= 15 is 8.78 Å². The molecule has 4 heteroatoms. The molecule has 3 aromatic carbocycles. The van der Waals surface area contributed by atoms with Crippen LogP contribution in [-0.4, -0.2) is 12.3 Å². The van der Waals surface area contributed by atoms with Gasteiger partial charge in [-0.2, -0.15) is 0 Å². The van der Waals surface area contributed by atoms with Crippen LogP contribution in [0.5, 0.6) is 0 Å². The lowest BCUT2D eigenvalue weighted by Crippen LogP contribution is -2.30. The fourth-order valence-corrected chi connectivity index (χ4v) is 4.00. The third-order valence-corrected chi connectivity index (χ3v) is 6.13. The van der Waals surface area contributed by atoms with E-state index in [9.17, 15) is 8.78 Å². The molecule has 0 amide bonds. The monoisotopic (exact) mass is 428 g/mol. The van der Waals surface area contributed by atoms with Gasteiger partial charge in [0.05, 0.1) is 0 Å². The molecule has 0 N–H and O–H groups in total. The van der Waals surface area contributed by atoms with Gasteiger partial charge in [0.2, 0.25) is 0 Å². The summed E-state index contributed by atoms with van der Waals surface area (Å²) in [5, 5.41) is 0. The van der Waals surface area contributed by atoms with Crippen molar-refractivity contribution in [3.63, 3.8) is 0 Å². The molecular formula is C27H28F4. The molecule has 0 saturated heterocycles. The van der Waals surface area contributed by atoms with Gasteiger partial charge in [0.15, 0.2) is 11.6 Å². The van der Waals surface area contributed by atoms with Crippen molar-refractivity contribution in [3.8, 4) is 11.1 Å². The van der Waals surface area contributed by atoms with Crippen molar-refractivity contribution in [1.82, 2.24) is 0 Å². The molecule has 3 aromatic rings. The van der Waals surface area contributed by atoms with E-state index < -0.39 is 35.8 Å². The van der Waals surface area contributed by atoms with Crippen molar-refractivity contribution >= 4 is 0 Å². The normalized spacial score (nSPS) is 15.4. The Bertz CT molecular complexity index is 1010. The molecule has 0 nitrogen and oxygen atoms in total. The SMILES string of the molecule is CCC(c1ccc(-c2ccc(C)cc2)cc1)C(F)C(F)C(C)c1ccc(C)c(F)c1F. The van der Waals surface area contributed by atoms with Crippen molar-refractivity contribution in [3.05, 3.63) is 94.6 Å². The summed E-state index contributed by atoms with van der Waals surface area (Å²) >= 11 is 0. The molecule has 4 unspecified atom stereocenters. The smallest absolute Gasteiger partial charge is 0.162 e. The standard InChI is InChI=1S/C27H28F4/c1-5-22(21-13-11-20(12-14-21)19-9-6-16(2)7-10-19)26(30)25(29)18(4)23-15-8-17(3)24(28)27(23)31/h6-15,18,22,25-26H,5H2,1-4H3. The molecule has 0 aliphatic rings.